The fourth-order valence-electron chi connectivity index (χ4n) is 2.78. The number of nitrogens with one attached hydrogen (secondary N) is 2. The number of hydrogen-bond donors (Lipinski definition) is 2. The van der Waals surface area contributed by atoms with Gasteiger partial charge in [-0.25, -0.2) is 15.1 Å². The molecule has 0 radical (unpaired) electrons. The number of aryl methyl sites for hydroxylation is 2. The highest BCUT2D eigenvalue weighted by Gasteiger charge is 2.13. The Hall–Kier alpha value is -2.28. The van der Waals surface area contributed by atoms with Crippen LogP contribution < -0.4 is 10.9 Å². The predicted molar refractivity (Wildman–Crippen MR) is 93.1 cm³/mol. The number of anilines is 1. The summed E-state index contributed by atoms with van der Waals surface area (Å²) in [5.41, 5.74) is 3.71. The van der Waals surface area contributed by atoms with E-state index in [0.29, 0.717) is 6.54 Å². The maximum Gasteiger partial charge on any atom is 0.269 e. The van der Waals surface area contributed by atoms with Gasteiger partial charge in [-0.3, -0.25) is 4.79 Å². The van der Waals surface area contributed by atoms with E-state index in [1.54, 1.807) is 17.7 Å². The molecular formula is C16H19N5OS. The third-order valence-electron chi connectivity index (χ3n) is 3.95. The third-order valence-corrected chi connectivity index (χ3v) is 4.96. The minimum atomic E-state index is -0.140. The van der Waals surface area contributed by atoms with Crippen molar-refractivity contribution in [3.05, 3.63) is 44.4 Å². The van der Waals surface area contributed by atoms with Crippen LogP contribution in [0.1, 0.15) is 36.2 Å². The van der Waals surface area contributed by atoms with Crippen molar-refractivity contribution in [1.29, 1.82) is 0 Å². The summed E-state index contributed by atoms with van der Waals surface area (Å²) in [6, 6.07) is 0. The van der Waals surface area contributed by atoms with Gasteiger partial charge in [0.25, 0.3) is 5.56 Å². The quantitative estimate of drug-likeness (QED) is 0.752. The lowest BCUT2D eigenvalue weighted by Crippen LogP contribution is -2.22. The summed E-state index contributed by atoms with van der Waals surface area (Å²) < 4.78 is 0. The molecular weight excluding hydrogens is 310 g/mol. The fourth-order valence-corrected chi connectivity index (χ4v) is 3.67. The molecule has 0 aliphatic heterocycles. The number of nitrogens with zero attached hydrogens (tertiary/aromatic N) is 3. The summed E-state index contributed by atoms with van der Waals surface area (Å²) >= 11 is 1.60. The second kappa shape index (κ2) is 6.45. The van der Waals surface area contributed by atoms with E-state index in [9.17, 15) is 4.79 Å². The van der Waals surface area contributed by atoms with Crippen LogP contribution in [0.3, 0.4) is 0 Å². The molecule has 23 heavy (non-hydrogen) atoms. The summed E-state index contributed by atoms with van der Waals surface area (Å²) in [4.78, 5) is 21.8. The fraction of sp³-hybridized carbons (Fsp3) is 0.375. The molecule has 3 heterocycles. The van der Waals surface area contributed by atoms with E-state index in [1.165, 1.54) is 0 Å². The number of aromatic amines is 1. The lowest BCUT2D eigenvalue weighted by Gasteiger charge is -2.12. The van der Waals surface area contributed by atoms with Crippen molar-refractivity contribution in [1.82, 2.24) is 20.2 Å². The standard InChI is InChI=1S/C16H19N5OS/c1-4-10-11(15(22)21-20-12(10)5-2)6-17-14-13-9(3)7-23-16(13)19-8-18-14/h7-8H,4-6H2,1-3H3,(H,21,22)(H,17,18,19). The molecule has 0 amide bonds. The van der Waals surface area contributed by atoms with Crippen LogP contribution in [0.4, 0.5) is 5.82 Å². The van der Waals surface area contributed by atoms with Gasteiger partial charge in [0, 0.05) is 12.1 Å². The van der Waals surface area contributed by atoms with E-state index >= 15 is 0 Å². The molecule has 3 aromatic rings. The first-order valence-electron chi connectivity index (χ1n) is 7.67. The van der Waals surface area contributed by atoms with Crippen LogP contribution in [0.2, 0.25) is 0 Å². The highest BCUT2D eigenvalue weighted by Crippen LogP contribution is 2.28. The van der Waals surface area contributed by atoms with Gasteiger partial charge in [0.2, 0.25) is 0 Å². The first kappa shape index (κ1) is 15.6. The largest absolute Gasteiger partial charge is 0.365 e. The Labute approximate surface area is 138 Å². The molecule has 0 saturated carbocycles. The Balaban J connectivity index is 1.97. The van der Waals surface area contributed by atoms with E-state index in [2.05, 4.69) is 30.9 Å². The molecule has 0 saturated heterocycles. The molecule has 0 fully saturated rings. The number of H-pyrrole nitrogens is 1. The summed E-state index contributed by atoms with van der Waals surface area (Å²) in [6.07, 6.45) is 3.14. The van der Waals surface area contributed by atoms with Crippen LogP contribution in [0.5, 0.6) is 0 Å². The first-order chi connectivity index (χ1) is 11.2. The van der Waals surface area contributed by atoms with Crippen LogP contribution in [-0.2, 0) is 19.4 Å². The van der Waals surface area contributed by atoms with Crippen molar-refractivity contribution in [3.8, 4) is 0 Å². The van der Waals surface area contributed by atoms with Gasteiger partial charge in [0.1, 0.15) is 17.0 Å². The van der Waals surface area contributed by atoms with E-state index in [0.717, 1.165) is 51.3 Å². The maximum absolute atomic E-state index is 12.2. The van der Waals surface area contributed by atoms with Gasteiger partial charge >= 0.3 is 0 Å². The molecule has 3 rings (SSSR count). The zero-order valence-corrected chi connectivity index (χ0v) is 14.3. The predicted octanol–water partition coefficient (Wildman–Crippen LogP) is 2.82. The molecule has 0 bridgehead atoms. The lowest BCUT2D eigenvalue weighted by atomic mass is 10.0. The molecule has 120 valence electrons. The minimum Gasteiger partial charge on any atom is -0.365 e. The van der Waals surface area contributed by atoms with Gasteiger partial charge in [-0.05, 0) is 36.3 Å². The Bertz CT molecular complexity index is 899. The van der Waals surface area contributed by atoms with Gasteiger partial charge in [0.05, 0.1) is 11.1 Å². The topological polar surface area (TPSA) is 83.6 Å². The summed E-state index contributed by atoms with van der Waals surface area (Å²) in [5.74, 6) is 0.769. The lowest BCUT2D eigenvalue weighted by molar-refractivity contribution is 0.826. The molecule has 0 aliphatic carbocycles. The number of rotatable bonds is 5. The van der Waals surface area contributed by atoms with Gasteiger partial charge in [-0.2, -0.15) is 5.10 Å². The van der Waals surface area contributed by atoms with Gasteiger partial charge in [0.15, 0.2) is 0 Å². The zero-order chi connectivity index (χ0) is 16.4. The van der Waals surface area contributed by atoms with Crippen molar-refractivity contribution in [3.63, 3.8) is 0 Å². The average Bonchev–Trinajstić information content (AvgIpc) is 2.95. The second-order valence-corrected chi connectivity index (χ2v) is 6.20. The van der Waals surface area contributed by atoms with E-state index < -0.39 is 0 Å². The summed E-state index contributed by atoms with van der Waals surface area (Å²) in [5, 5.41) is 13.1. The van der Waals surface area contributed by atoms with Crippen molar-refractivity contribution in [2.75, 3.05) is 5.32 Å². The monoisotopic (exact) mass is 329 g/mol. The number of aromatic nitrogens is 4. The molecule has 6 nitrogen and oxygen atoms in total. The van der Waals surface area contributed by atoms with Crippen LogP contribution in [0.15, 0.2) is 16.5 Å². The van der Waals surface area contributed by atoms with Crippen molar-refractivity contribution < 1.29 is 0 Å². The van der Waals surface area contributed by atoms with Crippen LogP contribution in [0, 0.1) is 6.92 Å². The number of fused-ring (bicyclic) bond motifs is 1. The van der Waals surface area contributed by atoms with E-state index in [4.69, 9.17) is 0 Å². The van der Waals surface area contributed by atoms with E-state index in [-0.39, 0.29) is 5.56 Å². The van der Waals surface area contributed by atoms with Gasteiger partial charge < -0.3 is 5.32 Å². The number of hydrogen-bond acceptors (Lipinski definition) is 6. The Morgan fingerprint density at radius 3 is 2.78 bits per heavy atom. The van der Waals surface area contributed by atoms with Crippen LogP contribution >= 0.6 is 11.3 Å². The van der Waals surface area contributed by atoms with Gasteiger partial charge in [-0.1, -0.05) is 13.8 Å². The van der Waals surface area contributed by atoms with E-state index in [1.807, 2.05) is 20.8 Å². The molecule has 3 aromatic heterocycles. The number of thiophene rings is 1. The highest BCUT2D eigenvalue weighted by molar-refractivity contribution is 7.17. The highest BCUT2D eigenvalue weighted by atomic mass is 32.1. The normalized spacial score (nSPS) is 11.1. The molecule has 0 spiro atoms. The Morgan fingerprint density at radius 2 is 2.04 bits per heavy atom. The zero-order valence-electron chi connectivity index (χ0n) is 13.4. The Morgan fingerprint density at radius 1 is 1.22 bits per heavy atom. The second-order valence-electron chi connectivity index (χ2n) is 5.34. The average molecular weight is 329 g/mol. The molecule has 7 heteroatoms. The third kappa shape index (κ3) is 2.84. The Kier molecular flexibility index (Phi) is 4.38. The van der Waals surface area contributed by atoms with Crippen LogP contribution in [0.25, 0.3) is 10.2 Å². The molecule has 2 N–H and O–H groups in total. The van der Waals surface area contributed by atoms with Gasteiger partial charge in [-0.15, -0.1) is 11.3 Å². The maximum atomic E-state index is 12.2. The van der Waals surface area contributed by atoms with Crippen molar-refractivity contribution >= 4 is 27.4 Å². The van der Waals surface area contributed by atoms with Crippen molar-refractivity contribution in [2.45, 2.75) is 40.2 Å². The first-order valence-corrected chi connectivity index (χ1v) is 8.55. The SMILES string of the molecule is CCc1n[nH]c(=O)c(CNc2ncnc3scc(C)c23)c1CC. The molecule has 0 atom stereocenters. The van der Waals surface area contributed by atoms with Crippen molar-refractivity contribution in [2.24, 2.45) is 0 Å². The minimum absolute atomic E-state index is 0.140. The van der Waals surface area contributed by atoms with Crippen LogP contribution in [-0.4, -0.2) is 20.2 Å². The molecule has 0 aromatic carbocycles. The summed E-state index contributed by atoms with van der Waals surface area (Å²) in [6.45, 7) is 6.55. The molecule has 0 unspecified atom stereocenters. The molecule has 0 aliphatic rings. The summed E-state index contributed by atoms with van der Waals surface area (Å²) in [7, 11) is 0. The smallest absolute Gasteiger partial charge is 0.269 e.